The summed E-state index contributed by atoms with van der Waals surface area (Å²) < 4.78 is 6.13. The van der Waals surface area contributed by atoms with Crippen LogP contribution >= 0.6 is 0 Å². The van der Waals surface area contributed by atoms with Crippen LogP contribution in [0.4, 0.5) is 0 Å². The van der Waals surface area contributed by atoms with E-state index in [2.05, 4.69) is 62.4 Å². The topological polar surface area (TPSA) is 24.5 Å². The minimum atomic E-state index is -0.117. The Kier molecular flexibility index (Phi) is 3.98. The van der Waals surface area contributed by atoms with Crippen LogP contribution in [0.2, 0.25) is 0 Å². The fourth-order valence-electron chi connectivity index (χ4n) is 3.77. The summed E-state index contributed by atoms with van der Waals surface area (Å²) in [5, 5.41) is 2.48. The van der Waals surface area contributed by atoms with Crippen LogP contribution in [0.25, 0.3) is 0 Å². The molecule has 0 spiro atoms. The lowest BCUT2D eigenvalue weighted by Crippen LogP contribution is -2.54. The van der Waals surface area contributed by atoms with Crippen molar-refractivity contribution < 1.29 is 4.74 Å². The Morgan fingerprint density at radius 2 is 1.81 bits per heavy atom. The van der Waals surface area contributed by atoms with Gasteiger partial charge in [-0.25, -0.2) is 10.4 Å². The molecule has 0 bridgehead atoms. The van der Waals surface area contributed by atoms with E-state index in [1.54, 1.807) is 0 Å². The van der Waals surface area contributed by atoms with Crippen molar-refractivity contribution in [3.8, 4) is 5.75 Å². The molecule has 2 heterocycles. The molecule has 0 saturated carbocycles. The van der Waals surface area contributed by atoms with Gasteiger partial charge in [0.05, 0.1) is 6.04 Å². The van der Waals surface area contributed by atoms with Crippen LogP contribution in [0, 0.1) is 0 Å². The van der Waals surface area contributed by atoms with E-state index in [0.29, 0.717) is 18.1 Å². The molecule has 2 aliphatic heterocycles. The third-order valence-electron chi connectivity index (χ3n) is 4.87. The highest BCUT2D eigenvalue weighted by Crippen LogP contribution is 2.40. The first-order valence-electron chi connectivity index (χ1n) is 8.29. The molecule has 3 unspecified atom stereocenters. The monoisotopic (exact) mass is 288 g/mol. The molecule has 1 fully saturated rings. The normalized spacial score (nSPS) is 32.3. The number of hydrogen-bond donors (Lipinski definition) is 1. The molecule has 0 aliphatic carbocycles. The van der Waals surface area contributed by atoms with Gasteiger partial charge in [-0.05, 0) is 46.6 Å². The van der Waals surface area contributed by atoms with E-state index in [-0.39, 0.29) is 5.60 Å². The quantitative estimate of drug-likeness (QED) is 0.888. The molecule has 1 saturated heterocycles. The number of piperidine rings is 1. The molecule has 3 heteroatoms. The van der Waals surface area contributed by atoms with Gasteiger partial charge in [-0.15, -0.1) is 0 Å². The van der Waals surface area contributed by atoms with Gasteiger partial charge in [0.1, 0.15) is 11.4 Å². The molecule has 1 N–H and O–H groups in total. The fraction of sp³-hybridized carbons (Fsp3) is 0.667. The summed E-state index contributed by atoms with van der Waals surface area (Å²) in [6.45, 7) is 9.03. The van der Waals surface area contributed by atoms with E-state index in [1.165, 1.54) is 24.8 Å². The third-order valence-corrected chi connectivity index (χ3v) is 4.87. The zero-order valence-electron chi connectivity index (χ0n) is 13.7. The summed E-state index contributed by atoms with van der Waals surface area (Å²) in [7, 11) is 0. The van der Waals surface area contributed by atoms with Gasteiger partial charge in [0.15, 0.2) is 0 Å². The van der Waals surface area contributed by atoms with Crippen LogP contribution in [0.5, 0.6) is 5.75 Å². The van der Waals surface area contributed by atoms with E-state index in [1.807, 2.05) is 0 Å². The fourth-order valence-corrected chi connectivity index (χ4v) is 3.77. The molecule has 0 amide bonds. The first-order chi connectivity index (χ1) is 9.96. The van der Waals surface area contributed by atoms with Gasteiger partial charge in [-0.3, -0.25) is 0 Å². The van der Waals surface area contributed by atoms with Gasteiger partial charge in [-0.1, -0.05) is 24.6 Å². The lowest BCUT2D eigenvalue weighted by molar-refractivity contribution is -0.00393. The van der Waals surface area contributed by atoms with Crippen molar-refractivity contribution in [2.24, 2.45) is 0 Å². The van der Waals surface area contributed by atoms with Crippen molar-refractivity contribution in [3.05, 3.63) is 29.8 Å². The van der Waals surface area contributed by atoms with E-state index in [4.69, 9.17) is 4.74 Å². The van der Waals surface area contributed by atoms with Crippen molar-refractivity contribution in [2.75, 3.05) is 0 Å². The predicted octanol–water partition coefficient (Wildman–Crippen LogP) is 4.06. The Hall–Kier alpha value is -1.06. The summed E-state index contributed by atoms with van der Waals surface area (Å²) in [6, 6.07) is 10.0. The van der Waals surface area contributed by atoms with Crippen molar-refractivity contribution in [1.82, 2.24) is 10.4 Å². The summed E-state index contributed by atoms with van der Waals surface area (Å²) in [5.74, 6) is 1.03. The standard InChI is InChI=1S/C18H28N2O/c1-13-8-7-9-14(2)20(13)19-16-12-18(3,4)21-17-11-6-5-10-15(16)17/h5-6,10-11,13-14,16,19H,7-9,12H2,1-4H3. The van der Waals surface area contributed by atoms with Crippen LogP contribution in [0.1, 0.15) is 65.0 Å². The highest BCUT2D eigenvalue weighted by Gasteiger charge is 2.36. The Labute approximate surface area is 128 Å². The van der Waals surface area contributed by atoms with Crippen molar-refractivity contribution >= 4 is 0 Å². The molecule has 2 aliphatic rings. The minimum Gasteiger partial charge on any atom is -0.487 e. The number of nitrogens with one attached hydrogen (secondary N) is 1. The summed E-state index contributed by atoms with van der Waals surface area (Å²) in [6.07, 6.45) is 4.91. The minimum absolute atomic E-state index is 0.117. The number of fused-ring (bicyclic) bond motifs is 1. The zero-order valence-corrected chi connectivity index (χ0v) is 13.7. The highest BCUT2D eigenvalue weighted by molar-refractivity contribution is 5.38. The second-order valence-electron chi connectivity index (χ2n) is 7.32. The van der Waals surface area contributed by atoms with Gasteiger partial charge in [0.25, 0.3) is 0 Å². The number of rotatable bonds is 2. The van der Waals surface area contributed by atoms with Crippen molar-refractivity contribution in [1.29, 1.82) is 0 Å². The number of para-hydroxylation sites is 1. The van der Waals surface area contributed by atoms with E-state index in [9.17, 15) is 0 Å². The maximum atomic E-state index is 6.13. The average molecular weight is 288 g/mol. The molecule has 116 valence electrons. The Morgan fingerprint density at radius 1 is 1.14 bits per heavy atom. The molecule has 1 aromatic carbocycles. The molecular formula is C18H28N2O. The maximum absolute atomic E-state index is 6.13. The smallest absolute Gasteiger partial charge is 0.124 e. The van der Waals surface area contributed by atoms with E-state index < -0.39 is 0 Å². The third kappa shape index (κ3) is 3.09. The molecule has 1 aromatic rings. The Bertz CT molecular complexity index is 490. The van der Waals surface area contributed by atoms with Crippen LogP contribution in [-0.4, -0.2) is 22.7 Å². The van der Waals surface area contributed by atoms with Gasteiger partial charge in [-0.2, -0.15) is 0 Å². The maximum Gasteiger partial charge on any atom is 0.124 e. The molecule has 0 aromatic heterocycles. The first-order valence-corrected chi connectivity index (χ1v) is 8.29. The summed E-state index contributed by atoms with van der Waals surface area (Å²) in [4.78, 5) is 0. The SMILES string of the molecule is CC1CCCC(C)N1NC1CC(C)(C)Oc2ccccc21. The van der Waals surface area contributed by atoms with Crippen LogP contribution in [0.3, 0.4) is 0 Å². The highest BCUT2D eigenvalue weighted by atomic mass is 16.5. The average Bonchev–Trinajstić information content (AvgIpc) is 2.41. The number of hydrazine groups is 1. The lowest BCUT2D eigenvalue weighted by Gasteiger charge is -2.45. The number of benzene rings is 1. The molecule has 3 nitrogen and oxygen atoms in total. The van der Waals surface area contributed by atoms with Crippen molar-refractivity contribution in [2.45, 2.75) is 77.1 Å². The summed E-state index contributed by atoms with van der Waals surface area (Å²) in [5.41, 5.74) is 5.00. The molecule has 3 rings (SSSR count). The molecule has 0 radical (unpaired) electrons. The number of ether oxygens (including phenoxy) is 1. The van der Waals surface area contributed by atoms with Gasteiger partial charge >= 0.3 is 0 Å². The number of hydrogen-bond acceptors (Lipinski definition) is 3. The van der Waals surface area contributed by atoms with E-state index >= 15 is 0 Å². The molecular weight excluding hydrogens is 260 g/mol. The van der Waals surface area contributed by atoms with Crippen LogP contribution in [0.15, 0.2) is 24.3 Å². The van der Waals surface area contributed by atoms with Crippen molar-refractivity contribution in [3.63, 3.8) is 0 Å². The predicted molar refractivity (Wildman–Crippen MR) is 86.3 cm³/mol. The second kappa shape index (κ2) is 5.62. The van der Waals surface area contributed by atoms with Gasteiger partial charge in [0, 0.05) is 24.1 Å². The van der Waals surface area contributed by atoms with Gasteiger partial charge in [0.2, 0.25) is 0 Å². The molecule has 3 atom stereocenters. The lowest BCUT2D eigenvalue weighted by atomic mass is 9.90. The van der Waals surface area contributed by atoms with Crippen LogP contribution in [-0.2, 0) is 0 Å². The van der Waals surface area contributed by atoms with E-state index in [0.717, 1.165) is 12.2 Å². The summed E-state index contributed by atoms with van der Waals surface area (Å²) >= 11 is 0. The van der Waals surface area contributed by atoms with Crippen LogP contribution < -0.4 is 10.2 Å². The first kappa shape index (κ1) is 14.9. The second-order valence-corrected chi connectivity index (χ2v) is 7.32. The Morgan fingerprint density at radius 3 is 2.52 bits per heavy atom. The largest absolute Gasteiger partial charge is 0.487 e. The molecule has 21 heavy (non-hydrogen) atoms. The number of nitrogens with zero attached hydrogens (tertiary/aromatic N) is 1. The Balaban J connectivity index is 1.84. The van der Waals surface area contributed by atoms with Gasteiger partial charge < -0.3 is 4.74 Å². The zero-order chi connectivity index (χ0) is 15.0.